The van der Waals surface area contributed by atoms with Crippen LogP contribution in [0.25, 0.3) is 0 Å². The van der Waals surface area contributed by atoms with E-state index in [0.717, 1.165) is 23.6 Å². The highest BCUT2D eigenvalue weighted by Gasteiger charge is 2.03. The van der Waals surface area contributed by atoms with Crippen molar-refractivity contribution in [2.24, 2.45) is 0 Å². The van der Waals surface area contributed by atoms with Gasteiger partial charge in [-0.15, -0.1) is 11.3 Å². The van der Waals surface area contributed by atoms with Crippen molar-refractivity contribution in [1.82, 2.24) is 15.6 Å². The molecule has 0 aliphatic heterocycles. The fourth-order valence-corrected chi connectivity index (χ4v) is 2.42. The molecule has 0 unspecified atom stereocenters. The molecule has 6 heteroatoms. The molecule has 0 bridgehead atoms. The van der Waals surface area contributed by atoms with Gasteiger partial charge in [0.15, 0.2) is 0 Å². The Labute approximate surface area is 116 Å². The van der Waals surface area contributed by atoms with E-state index < -0.39 is 0 Å². The van der Waals surface area contributed by atoms with Crippen LogP contribution in [0.1, 0.15) is 22.6 Å². The van der Waals surface area contributed by atoms with Gasteiger partial charge >= 0.3 is 6.03 Å². The molecule has 0 aliphatic carbocycles. The highest BCUT2D eigenvalue weighted by molar-refractivity contribution is 7.11. The summed E-state index contributed by atoms with van der Waals surface area (Å²) in [5.74, 6) is 0.739. The molecule has 0 spiro atoms. The first-order valence-electron chi connectivity index (χ1n) is 6.25. The summed E-state index contributed by atoms with van der Waals surface area (Å²) in [6.45, 7) is 3.09. The minimum atomic E-state index is -0.191. The maximum absolute atomic E-state index is 11.5. The summed E-state index contributed by atoms with van der Waals surface area (Å²) >= 11 is 1.70. The van der Waals surface area contributed by atoms with Crippen LogP contribution in [0, 0.1) is 0 Å². The molecule has 0 aliphatic rings. The van der Waals surface area contributed by atoms with E-state index in [4.69, 9.17) is 4.42 Å². The second kappa shape index (κ2) is 6.94. The molecule has 0 aromatic carbocycles. The van der Waals surface area contributed by atoms with Crippen molar-refractivity contribution in [3.05, 3.63) is 40.2 Å². The number of urea groups is 1. The minimum Gasteiger partial charge on any atom is -0.467 e. The van der Waals surface area contributed by atoms with E-state index in [2.05, 4.69) is 22.5 Å². The number of furan rings is 1. The monoisotopic (exact) mass is 279 g/mol. The molecule has 2 aromatic heterocycles. The van der Waals surface area contributed by atoms with Gasteiger partial charge in [-0.05, 0) is 18.6 Å². The molecule has 0 radical (unpaired) electrons. The van der Waals surface area contributed by atoms with Crippen LogP contribution in [0.3, 0.4) is 0 Å². The molecule has 2 N–H and O–H groups in total. The number of hydrogen-bond donors (Lipinski definition) is 2. The number of nitrogens with one attached hydrogen (secondary N) is 2. The number of amides is 2. The van der Waals surface area contributed by atoms with E-state index in [0.29, 0.717) is 13.1 Å². The Bertz CT molecular complexity index is 508. The van der Waals surface area contributed by atoms with Crippen molar-refractivity contribution in [3.63, 3.8) is 0 Å². The number of carbonyl (C=O) groups excluding carboxylic acids is 1. The Hall–Kier alpha value is -1.82. The number of nitrogens with zero attached hydrogens (tertiary/aromatic N) is 1. The molecule has 0 saturated carbocycles. The molecule has 2 amide bonds. The predicted molar refractivity (Wildman–Crippen MR) is 74.1 cm³/mol. The van der Waals surface area contributed by atoms with Crippen LogP contribution in [0.2, 0.25) is 0 Å². The van der Waals surface area contributed by atoms with Gasteiger partial charge in [0, 0.05) is 24.0 Å². The normalized spacial score (nSPS) is 10.4. The van der Waals surface area contributed by atoms with Crippen molar-refractivity contribution < 1.29 is 9.21 Å². The lowest BCUT2D eigenvalue weighted by molar-refractivity contribution is 0.239. The second-order valence-corrected chi connectivity index (χ2v) is 5.21. The number of thiazole rings is 1. The average molecular weight is 279 g/mol. The largest absolute Gasteiger partial charge is 0.467 e. The van der Waals surface area contributed by atoms with Crippen molar-refractivity contribution in [2.45, 2.75) is 26.3 Å². The summed E-state index contributed by atoms with van der Waals surface area (Å²) in [5.41, 5.74) is 0. The molecular formula is C13H17N3O2S. The van der Waals surface area contributed by atoms with E-state index in [9.17, 15) is 4.79 Å². The second-order valence-electron chi connectivity index (χ2n) is 4.01. The standard InChI is InChI=1S/C13H17N3O2S/c1-2-11-9-15-12(19-11)5-6-14-13(17)16-8-10-4-3-7-18-10/h3-4,7,9H,2,5-6,8H2,1H3,(H2,14,16,17). The van der Waals surface area contributed by atoms with Gasteiger partial charge in [0.2, 0.25) is 0 Å². The molecule has 2 rings (SSSR count). The number of carbonyl (C=O) groups is 1. The molecular weight excluding hydrogens is 262 g/mol. The Morgan fingerprint density at radius 1 is 1.47 bits per heavy atom. The average Bonchev–Trinajstić information content (AvgIpc) is 3.07. The molecule has 0 atom stereocenters. The lowest BCUT2D eigenvalue weighted by Crippen LogP contribution is -2.36. The maximum atomic E-state index is 11.5. The summed E-state index contributed by atoms with van der Waals surface area (Å²) in [6.07, 6.45) is 5.26. The Morgan fingerprint density at radius 3 is 3.05 bits per heavy atom. The Balaban J connectivity index is 1.63. The lowest BCUT2D eigenvalue weighted by Gasteiger charge is -2.05. The van der Waals surface area contributed by atoms with Crippen molar-refractivity contribution in [2.75, 3.05) is 6.54 Å². The van der Waals surface area contributed by atoms with Crippen LogP contribution in [0.15, 0.2) is 29.0 Å². The number of rotatable bonds is 6. The Morgan fingerprint density at radius 2 is 2.37 bits per heavy atom. The Kier molecular flexibility index (Phi) is 4.97. The van der Waals surface area contributed by atoms with E-state index in [1.165, 1.54) is 4.88 Å². The molecule has 0 saturated heterocycles. The first-order valence-corrected chi connectivity index (χ1v) is 7.07. The predicted octanol–water partition coefficient (Wildman–Crippen LogP) is 2.34. The van der Waals surface area contributed by atoms with Gasteiger partial charge in [-0.1, -0.05) is 6.92 Å². The molecule has 102 valence electrons. The summed E-state index contributed by atoms with van der Waals surface area (Å²) in [6, 6.07) is 3.42. The van der Waals surface area contributed by atoms with Gasteiger partial charge in [0.25, 0.3) is 0 Å². The zero-order valence-electron chi connectivity index (χ0n) is 10.8. The number of aromatic nitrogens is 1. The minimum absolute atomic E-state index is 0.191. The number of hydrogen-bond acceptors (Lipinski definition) is 4. The summed E-state index contributed by atoms with van der Waals surface area (Å²) < 4.78 is 5.12. The van der Waals surface area contributed by atoms with E-state index in [1.54, 1.807) is 23.7 Å². The van der Waals surface area contributed by atoms with E-state index >= 15 is 0 Å². The fourth-order valence-electron chi connectivity index (χ4n) is 1.55. The summed E-state index contributed by atoms with van der Waals surface area (Å²) in [7, 11) is 0. The molecule has 2 aromatic rings. The van der Waals surface area contributed by atoms with Crippen LogP contribution >= 0.6 is 11.3 Å². The van der Waals surface area contributed by atoms with E-state index in [-0.39, 0.29) is 6.03 Å². The first-order chi connectivity index (χ1) is 9.28. The van der Waals surface area contributed by atoms with Gasteiger partial charge in [-0.25, -0.2) is 9.78 Å². The lowest BCUT2D eigenvalue weighted by atomic mass is 10.4. The third-order valence-electron chi connectivity index (χ3n) is 2.58. The highest BCUT2D eigenvalue weighted by Crippen LogP contribution is 2.13. The van der Waals surface area contributed by atoms with Crippen molar-refractivity contribution >= 4 is 17.4 Å². The number of aryl methyl sites for hydroxylation is 1. The zero-order chi connectivity index (χ0) is 13.5. The van der Waals surface area contributed by atoms with Crippen molar-refractivity contribution in [1.29, 1.82) is 0 Å². The molecule has 19 heavy (non-hydrogen) atoms. The third-order valence-corrected chi connectivity index (χ3v) is 3.78. The van der Waals surface area contributed by atoms with Crippen molar-refractivity contribution in [3.8, 4) is 0 Å². The van der Waals surface area contributed by atoms with Gasteiger partial charge in [0.05, 0.1) is 17.8 Å². The molecule has 2 heterocycles. The fraction of sp³-hybridized carbons (Fsp3) is 0.385. The van der Waals surface area contributed by atoms with Gasteiger partial charge in [0.1, 0.15) is 5.76 Å². The summed E-state index contributed by atoms with van der Waals surface area (Å²) in [4.78, 5) is 17.1. The zero-order valence-corrected chi connectivity index (χ0v) is 11.6. The van der Waals surface area contributed by atoms with Crippen LogP contribution in [0.5, 0.6) is 0 Å². The quantitative estimate of drug-likeness (QED) is 0.853. The topological polar surface area (TPSA) is 67.2 Å². The van der Waals surface area contributed by atoms with E-state index in [1.807, 2.05) is 12.3 Å². The first kappa shape index (κ1) is 13.6. The molecule has 5 nitrogen and oxygen atoms in total. The SMILES string of the molecule is CCc1cnc(CCNC(=O)NCc2ccco2)s1. The molecule has 0 fully saturated rings. The van der Waals surface area contributed by atoms with Crippen LogP contribution < -0.4 is 10.6 Å². The van der Waals surface area contributed by atoms with Crippen LogP contribution in [-0.2, 0) is 19.4 Å². The van der Waals surface area contributed by atoms with Gasteiger partial charge in [-0.3, -0.25) is 0 Å². The van der Waals surface area contributed by atoms with Crippen LogP contribution in [-0.4, -0.2) is 17.6 Å². The smallest absolute Gasteiger partial charge is 0.315 e. The van der Waals surface area contributed by atoms with Gasteiger partial charge in [-0.2, -0.15) is 0 Å². The van der Waals surface area contributed by atoms with Crippen LogP contribution in [0.4, 0.5) is 4.79 Å². The third kappa shape index (κ3) is 4.40. The highest BCUT2D eigenvalue weighted by atomic mass is 32.1. The maximum Gasteiger partial charge on any atom is 0.315 e. The summed E-state index contributed by atoms with van der Waals surface area (Å²) in [5, 5.41) is 6.58. The van der Waals surface area contributed by atoms with Gasteiger partial charge < -0.3 is 15.1 Å².